The molecule has 0 saturated carbocycles. The summed E-state index contributed by atoms with van der Waals surface area (Å²) in [4.78, 5) is 16.6. The van der Waals surface area contributed by atoms with Crippen molar-refractivity contribution in [2.45, 2.75) is 0 Å². The van der Waals surface area contributed by atoms with Crippen molar-refractivity contribution in [3.05, 3.63) is 41.5 Å². The van der Waals surface area contributed by atoms with E-state index in [9.17, 15) is 4.79 Å². The fourth-order valence-corrected chi connectivity index (χ4v) is 2.17. The van der Waals surface area contributed by atoms with Crippen LogP contribution >= 0.6 is 11.5 Å². The van der Waals surface area contributed by atoms with Gasteiger partial charge in [0.25, 0.3) is 5.91 Å². The van der Waals surface area contributed by atoms with Gasteiger partial charge >= 0.3 is 0 Å². The van der Waals surface area contributed by atoms with Crippen LogP contribution in [0.5, 0.6) is 0 Å². The van der Waals surface area contributed by atoms with Crippen molar-refractivity contribution in [3.8, 4) is 0 Å². The standard InChI is InChI=1S/C12H9N5OS/c13-8-3-4-9(7-2-1-5-14-11(7)8)16-12(18)10-6-15-17-19-10/h1-6H,13H2,(H,16,18). The number of hydrogen-bond acceptors (Lipinski definition) is 6. The first-order valence-electron chi connectivity index (χ1n) is 5.47. The molecule has 0 aliphatic rings. The van der Waals surface area contributed by atoms with Gasteiger partial charge in [-0.25, -0.2) is 0 Å². The highest BCUT2D eigenvalue weighted by molar-refractivity contribution is 7.07. The molecule has 0 aliphatic heterocycles. The van der Waals surface area contributed by atoms with Gasteiger partial charge in [0.1, 0.15) is 4.88 Å². The van der Waals surface area contributed by atoms with E-state index in [0.717, 1.165) is 16.9 Å². The topological polar surface area (TPSA) is 93.8 Å². The highest BCUT2D eigenvalue weighted by atomic mass is 32.1. The Labute approximate surface area is 112 Å². The van der Waals surface area contributed by atoms with Crippen molar-refractivity contribution in [2.75, 3.05) is 11.1 Å². The smallest absolute Gasteiger partial charge is 0.269 e. The molecule has 0 saturated heterocycles. The van der Waals surface area contributed by atoms with E-state index in [1.54, 1.807) is 24.4 Å². The maximum Gasteiger partial charge on any atom is 0.269 e. The second-order valence-corrected chi connectivity index (χ2v) is 4.62. The molecule has 2 heterocycles. The van der Waals surface area contributed by atoms with Gasteiger partial charge in [-0.3, -0.25) is 9.78 Å². The number of rotatable bonds is 2. The van der Waals surface area contributed by atoms with Crippen molar-refractivity contribution >= 4 is 39.7 Å². The van der Waals surface area contributed by atoms with Crippen LogP contribution in [0, 0.1) is 0 Å². The predicted molar refractivity (Wildman–Crippen MR) is 74.0 cm³/mol. The third-order valence-corrected chi connectivity index (χ3v) is 3.30. The van der Waals surface area contributed by atoms with Crippen LogP contribution in [0.4, 0.5) is 11.4 Å². The molecule has 0 bridgehead atoms. The van der Waals surface area contributed by atoms with Crippen molar-refractivity contribution in [2.24, 2.45) is 0 Å². The number of nitrogen functional groups attached to an aromatic ring is 1. The Balaban J connectivity index is 2.02. The Morgan fingerprint density at radius 1 is 1.32 bits per heavy atom. The molecule has 0 fully saturated rings. The molecule has 3 rings (SSSR count). The van der Waals surface area contributed by atoms with Gasteiger partial charge in [-0.2, -0.15) is 0 Å². The summed E-state index contributed by atoms with van der Waals surface area (Å²) in [6, 6.07) is 7.13. The van der Waals surface area contributed by atoms with Gasteiger partial charge in [-0.05, 0) is 35.8 Å². The minimum Gasteiger partial charge on any atom is -0.397 e. The van der Waals surface area contributed by atoms with Crippen LogP contribution in [-0.4, -0.2) is 20.5 Å². The molecule has 19 heavy (non-hydrogen) atoms. The Morgan fingerprint density at radius 2 is 2.21 bits per heavy atom. The molecule has 0 unspecified atom stereocenters. The number of carbonyl (C=O) groups excluding carboxylic acids is 1. The molecule has 0 atom stereocenters. The van der Waals surface area contributed by atoms with Crippen LogP contribution in [0.1, 0.15) is 9.67 Å². The zero-order valence-electron chi connectivity index (χ0n) is 9.70. The number of benzene rings is 1. The van der Waals surface area contributed by atoms with Gasteiger partial charge in [0.05, 0.1) is 23.1 Å². The minimum atomic E-state index is -0.245. The number of nitrogens with one attached hydrogen (secondary N) is 1. The van der Waals surface area contributed by atoms with Crippen molar-refractivity contribution < 1.29 is 4.79 Å². The van der Waals surface area contributed by atoms with Gasteiger partial charge in [-0.15, -0.1) is 5.10 Å². The monoisotopic (exact) mass is 271 g/mol. The lowest BCUT2D eigenvalue weighted by Crippen LogP contribution is -2.10. The average molecular weight is 271 g/mol. The van der Waals surface area contributed by atoms with Crippen LogP contribution in [-0.2, 0) is 0 Å². The fraction of sp³-hybridized carbons (Fsp3) is 0. The number of fused-ring (bicyclic) bond motifs is 1. The molecular weight excluding hydrogens is 262 g/mol. The summed E-state index contributed by atoms with van der Waals surface area (Å²) in [7, 11) is 0. The second-order valence-electron chi connectivity index (χ2n) is 3.84. The van der Waals surface area contributed by atoms with Crippen molar-refractivity contribution in [1.29, 1.82) is 0 Å². The molecule has 1 aromatic carbocycles. The van der Waals surface area contributed by atoms with Crippen LogP contribution < -0.4 is 11.1 Å². The summed E-state index contributed by atoms with van der Waals surface area (Å²) in [5.41, 5.74) is 7.77. The zero-order valence-corrected chi connectivity index (χ0v) is 10.5. The molecule has 0 aliphatic carbocycles. The highest BCUT2D eigenvalue weighted by Crippen LogP contribution is 2.26. The summed E-state index contributed by atoms with van der Waals surface area (Å²) in [5.74, 6) is -0.245. The van der Waals surface area contributed by atoms with E-state index in [4.69, 9.17) is 5.73 Å². The Morgan fingerprint density at radius 3 is 3.00 bits per heavy atom. The molecule has 3 aromatic rings. The van der Waals surface area contributed by atoms with Gasteiger partial charge in [0.2, 0.25) is 0 Å². The van der Waals surface area contributed by atoms with Gasteiger partial charge in [0, 0.05) is 11.6 Å². The van der Waals surface area contributed by atoms with Gasteiger partial charge in [0.15, 0.2) is 0 Å². The maximum atomic E-state index is 12.0. The summed E-state index contributed by atoms with van der Waals surface area (Å²) < 4.78 is 3.66. The Kier molecular flexibility index (Phi) is 2.81. The lowest BCUT2D eigenvalue weighted by Gasteiger charge is -2.08. The molecule has 0 spiro atoms. The number of anilines is 2. The number of hydrogen-bond donors (Lipinski definition) is 2. The summed E-state index contributed by atoms with van der Waals surface area (Å²) in [5, 5.41) is 7.25. The lowest BCUT2D eigenvalue weighted by atomic mass is 10.1. The van der Waals surface area contributed by atoms with Crippen LogP contribution in [0.15, 0.2) is 36.7 Å². The quantitative estimate of drug-likeness (QED) is 0.694. The first kappa shape index (κ1) is 11.5. The maximum absolute atomic E-state index is 12.0. The molecule has 0 radical (unpaired) electrons. The molecular formula is C12H9N5OS. The number of amides is 1. The van der Waals surface area contributed by atoms with Crippen molar-refractivity contribution in [1.82, 2.24) is 14.6 Å². The van der Waals surface area contributed by atoms with Gasteiger partial charge in [-0.1, -0.05) is 4.49 Å². The second kappa shape index (κ2) is 4.62. The Hall–Kier alpha value is -2.54. The number of pyridine rings is 1. The van der Waals surface area contributed by atoms with E-state index >= 15 is 0 Å². The normalized spacial score (nSPS) is 10.5. The fourth-order valence-electron chi connectivity index (χ4n) is 1.75. The molecule has 3 N–H and O–H groups in total. The summed E-state index contributed by atoms with van der Waals surface area (Å²) in [6.45, 7) is 0. The summed E-state index contributed by atoms with van der Waals surface area (Å²) in [6.07, 6.45) is 3.09. The van der Waals surface area contributed by atoms with E-state index in [1.165, 1.54) is 6.20 Å². The molecule has 6 nitrogen and oxygen atoms in total. The SMILES string of the molecule is Nc1ccc(NC(=O)c2cnns2)c2cccnc12. The lowest BCUT2D eigenvalue weighted by molar-refractivity contribution is 0.103. The van der Waals surface area contributed by atoms with E-state index in [-0.39, 0.29) is 5.91 Å². The van der Waals surface area contributed by atoms with E-state index in [1.807, 2.05) is 6.07 Å². The molecule has 94 valence electrons. The number of nitrogens with two attached hydrogens (primary N) is 1. The molecule has 7 heteroatoms. The first-order valence-corrected chi connectivity index (χ1v) is 6.25. The van der Waals surface area contributed by atoms with E-state index in [0.29, 0.717) is 21.8 Å². The number of nitrogens with zero attached hydrogens (tertiary/aromatic N) is 3. The first-order chi connectivity index (χ1) is 9.25. The largest absolute Gasteiger partial charge is 0.397 e. The zero-order chi connectivity index (χ0) is 13.2. The number of carbonyl (C=O) groups is 1. The Bertz CT molecular complexity index is 741. The van der Waals surface area contributed by atoms with Crippen LogP contribution in [0.3, 0.4) is 0 Å². The average Bonchev–Trinajstić information content (AvgIpc) is 2.96. The summed E-state index contributed by atoms with van der Waals surface area (Å²) >= 11 is 1.05. The van der Waals surface area contributed by atoms with Gasteiger partial charge < -0.3 is 11.1 Å². The third kappa shape index (κ3) is 2.11. The van der Waals surface area contributed by atoms with Crippen LogP contribution in [0.25, 0.3) is 10.9 Å². The molecule has 2 aromatic heterocycles. The predicted octanol–water partition coefficient (Wildman–Crippen LogP) is 1.92. The van der Waals surface area contributed by atoms with Crippen LogP contribution in [0.2, 0.25) is 0 Å². The third-order valence-electron chi connectivity index (χ3n) is 2.63. The van der Waals surface area contributed by atoms with E-state index in [2.05, 4.69) is 19.9 Å². The highest BCUT2D eigenvalue weighted by Gasteiger charge is 2.11. The molecule has 1 amide bonds. The van der Waals surface area contributed by atoms with E-state index < -0.39 is 0 Å². The minimum absolute atomic E-state index is 0.245. The van der Waals surface area contributed by atoms with Crippen molar-refractivity contribution in [3.63, 3.8) is 0 Å². The number of aromatic nitrogens is 3.